The largest absolute Gasteiger partial charge is 0.462 e. The van der Waals surface area contributed by atoms with Crippen molar-refractivity contribution in [1.29, 1.82) is 0 Å². The van der Waals surface area contributed by atoms with Crippen LogP contribution in [0.25, 0.3) is 0 Å². The van der Waals surface area contributed by atoms with Crippen LogP contribution in [0.4, 0.5) is 0 Å². The third-order valence-electron chi connectivity index (χ3n) is 13.1. The highest BCUT2D eigenvalue weighted by Crippen LogP contribution is 2.16. The second-order valence-corrected chi connectivity index (χ2v) is 19.9. The van der Waals surface area contributed by atoms with Gasteiger partial charge in [0.1, 0.15) is 13.2 Å². The van der Waals surface area contributed by atoms with Crippen molar-refractivity contribution in [2.45, 2.75) is 322 Å². The average molecular weight is 942 g/mol. The molecule has 0 rings (SSSR count). The molecule has 0 aromatic rings. The molecule has 0 aliphatic carbocycles. The van der Waals surface area contributed by atoms with Crippen LogP contribution in [0.15, 0.2) is 36.5 Å². The molecule has 0 aromatic heterocycles. The van der Waals surface area contributed by atoms with Crippen molar-refractivity contribution < 1.29 is 28.6 Å². The van der Waals surface area contributed by atoms with E-state index in [1.165, 1.54) is 212 Å². The fourth-order valence-corrected chi connectivity index (χ4v) is 8.60. The molecular formula is C61H112O6. The van der Waals surface area contributed by atoms with Crippen LogP contribution in [0, 0.1) is 0 Å². The molecule has 0 radical (unpaired) electrons. The average Bonchev–Trinajstić information content (AvgIpc) is 3.33. The Morgan fingerprint density at radius 1 is 0.284 bits per heavy atom. The van der Waals surface area contributed by atoms with Gasteiger partial charge in [0, 0.05) is 19.3 Å². The third-order valence-corrected chi connectivity index (χ3v) is 13.1. The number of unbranched alkanes of at least 4 members (excludes halogenated alkanes) is 37. The summed E-state index contributed by atoms with van der Waals surface area (Å²) in [5.41, 5.74) is 0. The number of hydrogen-bond acceptors (Lipinski definition) is 6. The molecule has 0 fully saturated rings. The van der Waals surface area contributed by atoms with E-state index in [2.05, 4.69) is 57.2 Å². The first-order valence-corrected chi connectivity index (χ1v) is 29.5. The quantitative estimate of drug-likeness (QED) is 0.0262. The fraction of sp³-hybridized carbons (Fsp3) is 0.852. The molecule has 0 aromatic carbocycles. The molecule has 0 aliphatic heterocycles. The first-order chi connectivity index (χ1) is 33.0. The van der Waals surface area contributed by atoms with Crippen molar-refractivity contribution in [3.8, 4) is 0 Å². The van der Waals surface area contributed by atoms with Crippen molar-refractivity contribution in [2.24, 2.45) is 0 Å². The van der Waals surface area contributed by atoms with E-state index in [1.807, 2.05) is 0 Å². The van der Waals surface area contributed by atoms with Crippen LogP contribution in [-0.4, -0.2) is 37.2 Å². The maximum absolute atomic E-state index is 12.9. The van der Waals surface area contributed by atoms with E-state index >= 15 is 0 Å². The number of allylic oxidation sites excluding steroid dienone is 6. The van der Waals surface area contributed by atoms with E-state index in [1.54, 1.807) is 0 Å². The van der Waals surface area contributed by atoms with Crippen LogP contribution in [0.3, 0.4) is 0 Å². The molecule has 392 valence electrons. The Bertz CT molecular complexity index is 1130. The minimum atomic E-state index is -0.776. The molecule has 0 bridgehead atoms. The Labute approximate surface area is 416 Å². The second-order valence-electron chi connectivity index (χ2n) is 19.9. The van der Waals surface area contributed by atoms with Gasteiger partial charge in [-0.3, -0.25) is 14.4 Å². The molecule has 0 aliphatic rings. The molecule has 6 heteroatoms. The molecule has 0 saturated heterocycles. The number of hydrogen-bond donors (Lipinski definition) is 0. The van der Waals surface area contributed by atoms with Crippen molar-refractivity contribution in [1.82, 2.24) is 0 Å². The van der Waals surface area contributed by atoms with Gasteiger partial charge in [0.2, 0.25) is 0 Å². The summed E-state index contributed by atoms with van der Waals surface area (Å²) in [6.45, 7) is 6.63. The summed E-state index contributed by atoms with van der Waals surface area (Å²) in [6.07, 6.45) is 67.1. The summed E-state index contributed by atoms with van der Waals surface area (Å²) in [7, 11) is 0. The standard InChI is InChI=1S/C61H112O6/c1-4-7-10-13-16-19-22-25-27-28-29-30-31-32-34-37-40-43-46-49-52-55-61(64)67-58(56-65-59(62)53-50-47-44-41-38-35-24-21-18-15-12-9-6-3)57-66-60(63)54-51-48-45-42-39-36-33-26-23-20-17-14-11-8-5-2/h20-21,23-25,27,58H,4-19,22,26,28-57H2,1-3H3/b23-20-,24-21-,27-25-/t58-/m0/s1. The lowest BCUT2D eigenvalue weighted by molar-refractivity contribution is -0.167. The minimum absolute atomic E-state index is 0.0748. The van der Waals surface area contributed by atoms with E-state index in [4.69, 9.17) is 14.2 Å². The van der Waals surface area contributed by atoms with Gasteiger partial charge >= 0.3 is 17.9 Å². The lowest BCUT2D eigenvalue weighted by atomic mass is 10.0. The predicted molar refractivity (Wildman–Crippen MR) is 289 cm³/mol. The van der Waals surface area contributed by atoms with Gasteiger partial charge in [-0.1, -0.05) is 237 Å². The van der Waals surface area contributed by atoms with E-state index in [0.29, 0.717) is 19.3 Å². The SMILES string of the molecule is CCCCCC/C=C\CCCCCCCCCC(=O)OC[C@H](COC(=O)CCCCCCC/C=C\CCCCCC)OC(=O)CCCCCCCCCCCCC/C=C\CCCCCCCC. The van der Waals surface area contributed by atoms with Crippen LogP contribution in [0.2, 0.25) is 0 Å². The number of carbonyl (C=O) groups excluding carboxylic acids is 3. The maximum Gasteiger partial charge on any atom is 0.306 e. The van der Waals surface area contributed by atoms with E-state index in [9.17, 15) is 14.4 Å². The van der Waals surface area contributed by atoms with E-state index in [0.717, 1.165) is 64.2 Å². The molecule has 0 amide bonds. The summed E-state index contributed by atoms with van der Waals surface area (Å²) in [6, 6.07) is 0. The van der Waals surface area contributed by atoms with Gasteiger partial charge in [-0.25, -0.2) is 0 Å². The zero-order chi connectivity index (χ0) is 48.6. The van der Waals surface area contributed by atoms with Gasteiger partial charge in [-0.05, 0) is 96.3 Å². The molecule has 0 heterocycles. The molecule has 67 heavy (non-hydrogen) atoms. The van der Waals surface area contributed by atoms with Gasteiger partial charge in [0.25, 0.3) is 0 Å². The van der Waals surface area contributed by atoms with Gasteiger partial charge in [-0.2, -0.15) is 0 Å². The van der Waals surface area contributed by atoms with E-state index < -0.39 is 6.10 Å². The minimum Gasteiger partial charge on any atom is -0.462 e. The Hall–Kier alpha value is -2.37. The maximum atomic E-state index is 12.9. The van der Waals surface area contributed by atoms with Crippen molar-refractivity contribution >= 4 is 17.9 Å². The third kappa shape index (κ3) is 54.4. The first-order valence-electron chi connectivity index (χ1n) is 29.5. The molecule has 0 N–H and O–H groups in total. The van der Waals surface area contributed by atoms with Gasteiger partial charge < -0.3 is 14.2 Å². The predicted octanol–water partition coefficient (Wildman–Crippen LogP) is 19.7. The summed E-state index contributed by atoms with van der Waals surface area (Å²) >= 11 is 0. The smallest absolute Gasteiger partial charge is 0.306 e. The molecule has 1 atom stereocenters. The van der Waals surface area contributed by atoms with Gasteiger partial charge in [0.05, 0.1) is 0 Å². The monoisotopic (exact) mass is 941 g/mol. The summed E-state index contributed by atoms with van der Waals surface area (Å²) in [5.74, 6) is -0.873. The molecule has 0 saturated carbocycles. The number of carbonyl (C=O) groups is 3. The number of esters is 3. The topological polar surface area (TPSA) is 78.9 Å². The lowest BCUT2D eigenvalue weighted by Gasteiger charge is -2.18. The van der Waals surface area contributed by atoms with Crippen LogP contribution in [0.1, 0.15) is 316 Å². The Kier molecular flexibility index (Phi) is 54.2. The lowest BCUT2D eigenvalue weighted by Crippen LogP contribution is -2.30. The molecule has 0 unspecified atom stereocenters. The number of ether oxygens (including phenoxy) is 3. The highest BCUT2D eigenvalue weighted by atomic mass is 16.6. The Morgan fingerprint density at radius 3 is 0.761 bits per heavy atom. The van der Waals surface area contributed by atoms with Crippen LogP contribution >= 0.6 is 0 Å². The highest BCUT2D eigenvalue weighted by molar-refractivity contribution is 5.71. The van der Waals surface area contributed by atoms with E-state index in [-0.39, 0.29) is 31.1 Å². The molecule has 0 spiro atoms. The number of rotatable bonds is 54. The summed E-state index contributed by atoms with van der Waals surface area (Å²) in [4.78, 5) is 38.1. The highest BCUT2D eigenvalue weighted by Gasteiger charge is 2.19. The zero-order valence-corrected chi connectivity index (χ0v) is 44.9. The summed E-state index contributed by atoms with van der Waals surface area (Å²) in [5, 5.41) is 0. The van der Waals surface area contributed by atoms with Crippen LogP contribution < -0.4 is 0 Å². The molecular weight excluding hydrogens is 829 g/mol. The Morgan fingerprint density at radius 2 is 0.493 bits per heavy atom. The molecule has 6 nitrogen and oxygen atoms in total. The van der Waals surface area contributed by atoms with Gasteiger partial charge in [-0.15, -0.1) is 0 Å². The van der Waals surface area contributed by atoms with Crippen molar-refractivity contribution in [3.63, 3.8) is 0 Å². The van der Waals surface area contributed by atoms with Crippen LogP contribution in [0.5, 0.6) is 0 Å². The fourth-order valence-electron chi connectivity index (χ4n) is 8.60. The van der Waals surface area contributed by atoms with Crippen molar-refractivity contribution in [2.75, 3.05) is 13.2 Å². The van der Waals surface area contributed by atoms with Crippen molar-refractivity contribution in [3.05, 3.63) is 36.5 Å². The zero-order valence-electron chi connectivity index (χ0n) is 44.9. The Balaban J connectivity index is 4.32. The van der Waals surface area contributed by atoms with Gasteiger partial charge in [0.15, 0.2) is 6.10 Å². The second kappa shape index (κ2) is 56.2. The normalized spacial score (nSPS) is 12.2. The summed E-state index contributed by atoms with van der Waals surface area (Å²) < 4.78 is 16.9. The first kappa shape index (κ1) is 64.6. The van der Waals surface area contributed by atoms with Crippen LogP contribution in [-0.2, 0) is 28.6 Å².